The van der Waals surface area contributed by atoms with Crippen LogP contribution >= 0.6 is 0 Å². The number of fused-ring (bicyclic) bond motifs is 4. The third-order valence-electron chi connectivity index (χ3n) is 12.8. The lowest BCUT2D eigenvalue weighted by Gasteiger charge is -2.45. The van der Waals surface area contributed by atoms with E-state index in [-0.39, 0.29) is 0 Å². The summed E-state index contributed by atoms with van der Waals surface area (Å²) >= 11 is 0. The third kappa shape index (κ3) is 6.15. The van der Waals surface area contributed by atoms with Crippen molar-refractivity contribution in [2.24, 2.45) is 0 Å². The predicted molar refractivity (Wildman–Crippen MR) is 263 cm³/mol. The Morgan fingerprint density at radius 2 is 0.667 bits per heavy atom. The topological polar surface area (TPSA) is 58.0 Å². The summed E-state index contributed by atoms with van der Waals surface area (Å²) in [4.78, 5) is 4.79. The quantitative estimate of drug-likeness (QED) is 0.156. The van der Waals surface area contributed by atoms with Crippen molar-refractivity contribution < 1.29 is 0 Å². The van der Waals surface area contributed by atoms with Gasteiger partial charge in [-0.2, -0.15) is 0 Å². The van der Waals surface area contributed by atoms with Gasteiger partial charge in [-0.15, -0.1) is 20.4 Å². The molecule has 0 unspecified atom stereocenters. The molecule has 6 nitrogen and oxygen atoms in total. The van der Waals surface area contributed by atoms with Gasteiger partial charge in [-0.05, 0) is 130 Å². The number of rotatable bonds is 6. The van der Waals surface area contributed by atoms with E-state index in [1.807, 2.05) is 0 Å². The number of hydrogen-bond acceptors (Lipinski definition) is 6. The van der Waals surface area contributed by atoms with Crippen LogP contribution in [0.4, 0.5) is 34.1 Å². The van der Waals surface area contributed by atoms with Gasteiger partial charge < -0.3 is 9.80 Å². The van der Waals surface area contributed by atoms with Crippen LogP contribution in [0.25, 0.3) is 34.9 Å². The number of nitrogens with zero attached hydrogens (tertiary/aromatic N) is 6. The number of anilines is 6. The van der Waals surface area contributed by atoms with Crippen LogP contribution in [0.2, 0.25) is 0 Å². The van der Waals surface area contributed by atoms with Crippen LogP contribution < -0.4 is 30.5 Å². The predicted octanol–water partition coefficient (Wildman–Crippen LogP) is 10.9. The van der Waals surface area contributed by atoms with Gasteiger partial charge in [0.25, 0.3) is 0 Å². The number of benzene rings is 8. The van der Waals surface area contributed by atoms with E-state index in [9.17, 15) is 0 Å². The summed E-state index contributed by atoms with van der Waals surface area (Å²) in [5.74, 6) is 1.02. The molecule has 0 saturated heterocycles. The number of aromatic nitrogens is 4. The van der Waals surface area contributed by atoms with Crippen LogP contribution in [0, 0.1) is 27.7 Å². The summed E-state index contributed by atoms with van der Waals surface area (Å²) in [7, 11) is -2.71. The first kappa shape index (κ1) is 38.2. The van der Waals surface area contributed by atoms with Gasteiger partial charge in [0.05, 0.1) is 11.4 Å². The monoisotopic (exact) mass is 828 g/mol. The van der Waals surface area contributed by atoms with E-state index in [1.54, 1.807) is 0 Å². The SMILES string of the molecule is Cc1cc(N2c3ccccc3C=Cc3ccccc32)cc(C)c1-c1nnc(-c2c(C)cc(N3c4ccccc4[Si](c4ccccc4)(c4ccccc4)c4ccccc43)cc2C)nn1. The largest absolute Gasteiger partial charge is 0.311 e. The van der Waals surface area contributed by atoms with Crippen LogP contribution in [0.15, 0.2) is 182 Å². The zero-order valence-electron chi connectivity index (χ0n) is 35.7. The number of para-hydroxylation sites is 4. The fraction of sp³-hybridized carbons (Fsp3) is 0.0714. The second-order valence-electron chi connectivity index (χ2n) is 16.6. The number of hydrogen-bond donors (Lipinski definition) is 0. The molecule has 2 aliphatic rings. The minimum atomic E-state index is -2.71. The molecule has 1 aromatic heterocycles. The van der Waals surface area contributed by atoms with Gasteiger partial charge in [0.2, 0.25) is 11.6 Å². The molecule has 0 spiro atoms. The lowest BCUT2D eigenvalue weighted by molar-refractivity contribution is 0.871. The smallest absolute Gasteiger partial charge is 0.204 e. The highest BCUT2D eigenvalue weighted by atomic mass is 28.3. The molecule has 302 valence electrons. The normalized spacial score (nSPS) is 13.4. The molecule has 0 fully saturated rings. The molecule has 9 aromatic rings. The van der Waals surface area contributed by atoms with E-state index in [0.29, 0.717) is 11.6 Å². The Labute approximate surface area is 369 Å². The molecule has 7 heteroatoms. The minimum Gasteiger partial charge on any atom is -0.311 e. The second-order valence-corrected chi connectivity index (χ2v) is 20.3. The minimum absolute atomic E-state index is 0.511. The molecular weight excluding hydrogens is 785 g/mol. The Balaban J connectivity index is 0.966. The average Bonchev–Trinajstić information content (AvgIpc) is 3.48. The first-order valence-corrected chi connectivity index (χ1v) is 23.5. The maximum absolute atomic E-state index is 4.76. The van der Waals surface area contributed by atoms with Gasteiger partial charge in [0.1, 0.15) is 0 Å². The van der Waals surface area contributed by atoms with Gasteiger partial charge in [0.15, 0.2) is 8.07 Å². The molecular formula is C56H44N6Si. The Bertz CT molecular complexity index is 3050. The molecule has 0 amide bonds. The standard InChI is InChI=1S/C56H44N6Si/c1-37-33-43(61-47-25-13-11-19-41(47)31-32-42-20-12-14-26-48(42)61)34-38(2)53(37)55-57-59-56(60-58-55)54-39(3)35-44(36-40(54)4)62-49-27-15-17-29-51(49)63(45-21-7-5-8-22-45,46-23-9-6-10-24-46)52-30-18-16-28-50(52)62/h5-36H,1-4H3. The lowest BCUT2D eigenvalue weighted by atomic mass is 9.99. The molecule has 3 heterocycles. The van der Waals surface area contributed by atoms with Crippen molar-refractivity contribution >= 4 is 75.1 Å². The summed E-state index contributed by atoms with van der Waals surface area (Å²) in [6.45, 7) is 8.51. The first-order valence-electron chi connectivity index (χ1n) is 21.5. The van der Waals surface area contributed by atoms with Gasteiger partial charge in [-0.1, -0.05) is 146 Å². The zero-order chi connectivity index (χ0) is 42.7. The van der Waals surface area contributed by atoms with E-state index in [0.717, 1.165) is 56.1 Å². The third-order valence-corrected chi connectivity index (χ3v) is 17.6. The fourth-order valence-corrected chi connectivity index (χ4v) is 15.3. The summed E-state index contributed by atoms with van der Waals surface area (Å²) in [5, 5.41) is 24.5. The maximum atomic E-state index is 4.76. The molecule has 0 radical (unpaired) electrons. The van der Waals surface area contributed by atoms with Crippen LogP contribution in [-0.2, 0) is 0 Å². The Kier molecular flexibility index (Phi) is 9.28. The van der Waals surface area contributed by atoms with Crippen molar-refractivity contribution in [1.29, 1.82) is 0 Å². The van der Waals surface area contributed by atoms with E-state index in [1.165, 1.54) is 43.2 Å². The summed E-state index contributed by atoms with van der Waals surface area (Å²) in [6.07, 6.45) is 4.39. The molecule has 8 aromatic carbocycles. The van der Waals surface area contributed by atoms with E-state index in [2.05, 4.69) is 232 Å². The lowest BCUT2D eigenvalue weighted by Crippen LogP contribution is -2.77. The van der Waals surface area contributed by atoms with Crippen molar-refractivity contribution in [1.82, 2.24) is 20.4 Å². The van der Waals surface area contributed by atoms with E-state index < -0.39 is 8.07 Å². The van der Waals surface area contributed by atoms with Crippen molar-refractivity contribution in [3.05, 3.63) is 215 Å². The molecule has 0 bridgehead atoms. The summed E-state index contributed by atoms with van der Waals surface area (Å²) in [6, 6.07) is 66.3. The zero-order valence-corrected chi connectivity index (χ0v) is 36.7. The highest BCUT2D eigenvalue weighted by Crippen LogP contribution is 2.44. The molecule has 0 aliphatic carbocycles. The van der Waals surface area contributed by atoms with Crippen molar-refractivity contribution in [3.63, 3.8) is 0 Å². The molecule has 2 aliphatic heterocycles. The number of aryl methyl sites for hydroxylation is 4. The van der Waals surface area contributed by atoms with Crippen molar-refractivity contribution in [3.8, 4) is 22.8 Å². The second kappa shape index (κ2) is 15.3. The Morgan fingerprint density at radius 3 is 1.06 bits per heavy atom. The van der Waals surface area contributed by atoms with Crippen LogP contribution in [0.1, 0.15) is 33.4 Å². The van der Waals surface area contributed by atoms with Gasteiger partial charge in [-0.25, -0.2) is 0 Å². The van der Waals surface area contributed by atoms with Crippen molar-refractivity contribution in [2.45, 2.75) is 27.7 Å². The molecule has 0 N–H and O–H groups in total. The highest BCUT2D eigenvalue weighted by molar-refractivity contribution is 7.21. The molecule has 0 saturated carbocycles. The maximum Gasteiger partial charge on any atom is 0.204 e. The Hall–Kier alpha value is -7.74. The molecule has 0 atom stereocenters. The van der Waals surface area contributed by atoms with Crippen LogP contribution in [0.5, 0.6) is 0 Å². The molecule has 63 heavy (non-hydrogen) atoms. The average molecular weight is 829 g/mol. The van der Waals surface area contributed by atoms with E-state index in [4.69, 9.17) is 20.4 Å². The van der Waals surface area contributed by atoms with Gasteiger partial charge in [-0.3, -0.25) is 0 Å². The van der Waals surface area contributed by atoms with E-state index >= 15 is 0 Å². The Morgan fingerprint density at radius 1 is 0.349 bits per heavy atom. The fourth-order valence-electron chi connectivity index (χ4n) is 10.2. The highest BCUT2D eigenvalue weighted by Gasteiger charge is 2.48. The van der Waals surface area contributed by atoms with Crippen molar-refractivity contribution in [2.75, 3.05) is 9.80 Å². The molecule has 11 rings (SSSR count). The van der Waals surface area contributed by atoms with Gasteiger partial charge >= 0.3 is 0 Å². The van der Waals surface area contributed by atoms with Crippen LogP contribution in [-0.4, -0.2) is 28.5 Å². The first-order chi connectivity index (χ1) is 30.9. The summed E-state index contributed by atoms with van der Waals surface area (Å²) < 4.78 is 0. The van der Waals surface area contributed by atoms with Crippen LogP contribution in [0.3, 0.4) is 0 Å². The summed E-state index contributed by atoms with van der Waals surface area (Å²) in [5.41, 5.74) is 15.3. The van der Waals surface area contributed by atoms with Gasteiger partial charge in [0, 0.05) is 33.9 Å².